The average Bonchev–Trinajstić information content (AvgIpc) is 2.92. The summed E-state index contributed by atoms with van der Waals surface area (Å²) in [7, 11) is 1.73. The lowest BCUT2D eigenvalue weighted by molar-refractivity contribution is 0.199. The number of thiazole rings is 1. The van der Waals surface area contributed by atoms with Gasteiger partial charge in [0.1, 0.15) is 0 Å². The van der Waals surface area contributed by atoms with Crippen molar-refractivity contribution < 1.29 is 4.74 Å². The van der Waals surface area contributed by atoms with E-state index in [2.05, 4.69) is 22.1 Å². The lowest BCUT2D eigenvalue weighted by Crippen LogP contribution is -2.33. The molecule has 5 heteroatoms. The molecule has 1 aliphatic heterocycles. The maximum Gasteiger partial charge on any atom is 0.185 e. The number of aromatic nitrogens is 1. The van der Waals surface area contributed by atoms with Crippen LogP contribution in [0.2, 0.25) is 0 Å². The van der Waals surface area contributed by atoms with E-state index >= 15 is 0 Å². The molecule has 108 valence electrons. The van der Waals surface area contributed by atoms with Crippen molar-refractivity contribution in [1.29, 1.82) is 0 Å². The molecule has 1 fully saturated rings. The normalized spacial score (nSPS) is 17.1. The highest BCUT2D eigenvalue weighted by atomic mass is 32.1. The third-order valence-corrected chi connectivity index (χ3v) is 4.84. The minimum absolute atomic E-state index is 0.760. The molecule has 2 rings (SSSR count). The van der Waals surface area contributed by atoms with Gasteiger partial charge in [0.15, 0.2) is 5.13 Å². The number of nitrogens with zero attached hydrogens (tertiary/aromatic N) is 2. The molecule has 19 heavy (non-hydrogen) atoms. The van der Waals surface area contributed by atoms with Gasteiger partial charge in [-0.25, -0.2) is 4.98 Å². The minimum atomic E-state index is 0.760. The van der Waals surface area contributed by atoms with Gasteiger partial charge in [0.25, 0.3) is 0 Å². The van der Waals surface area contributed by atoms with Crippen LogP contribution >= 0.6 is 11.3 Å². The van der Waals surface area contributed by atoms with Crippen molar-refractivity contribution in [3.8, 4) is 0 Å². The number of hydrogen-bond acceptors (Lipinski definition) is 5. The highest BCUT2D eigenvalue weighted by Crippen LogP contribution is 2.28. The molecule has 1 aromatic heterocycles. The molecule has 0 unspecified atom stereocenters. The molecule has 0 bridgehead atoms. The lowest BCUT2D eigenvalue weighted by Gasteiger charge is -2.31. The highest BCUT2D eigenvalue weighted by Gasteiger charge is 2.19. The van der Waals surface area contributed by atoms with Crippen LogP contribution in [-0.2, 0) is 11.3 Å². The fraction of sp³-hybridized carbons (Fsp3) is 0.786. The third kappa shape index (κ3) is 4.44. The van der Waals surface area contributed by atoms with Gasteiger partial charge in [0, 0.05) is 44.4 Å². The van der Waals surface area contributed by atoms with E-state index in [1.54, 1.807) is 7.11 Å². The average molecular weight is 283 g/mol. The first-order valence-corrected chi connectivity index (χ1v) is 8.04. The minimum Gasteiger partial charge on any atom is -0.383 e. The van der Waals surface area contributed by atoms with Crippen molar-refractivity contribution in [2.24, 2.45) is 5.92 Å². The molecule has 0 radical (unpaired) electrons. The molecule has 0 spiro atoms. The number of hydrogen-bond donors (Lipinski definition) is 1. The Morgan fingerprint density at radius 2 is 2.26 bits per heavy atom. The molecule has 4 nitrogen and oxygen atoms in total. The quantitative estimate of drug-likeness (QED) is 0.780. The summed E-state index contributed by atoms with van der Waals surface area (Å²) in [5.41, 5.74) is 0. The van der Waals surface area contributed by atoms with Crippen LogP contribution in [0.4, 0.5) is 5.13 Å². The van der Waals surface area contributed by atoms with Crippen LogP contribution in [0, 0.1) is 5.92 Å². The van der Waals surface area contributed by atoms with E-state index in [1.165, 1.54) is 42.4 Å². The zero-order valence-corrected chi connectivity index (χ0v) is 12.8. The van der Waals surface area contributed by atoms with E-state index in [0.29, 0.717) is 0 Å². The summed E-state index contributed by atoms with van der Waals surface area (Å²) in [4.78, 5) is 8.31. The van der Waals surface area contributed by atoms with Gasteiger partial charge >= 0.3 is 0 Å². The first-order valence-electron chi connectivity index (χ1n) is 7.22. The number of methoxy groups -OCH3 is 1. The van der Waals surface area contributed by atoms with Crippen LogP contribution in [0.15, 0.2) is 6.20 Å². The first kappa shape index (κ1) is 14.8. The summed E-state index contributed by atoms with van der Waals surface area (Å²) in [6, 6.07) is 0. The fourth-order valence-electron chi connectivity index (χ4n) is 2.44. The SMILES string of the molecule is CCC1CCN(c2ncc(CNCCOC)s2)CC1. The second-order valence-electron chi connectivity index (χ2n) is 5.12. The second-order valence-corrected chi connectivity index (χ2v) is 6.21. The van der Waals surface area contributed by atoms with Crippen molar-refractivity contribution in [3.05, 3.63) is 11.1 Å². The van der Waals surface area contributed by atoms with Gasteiger partial charge in [-0.05, 0) is 18.8 Å². The van der Waals surface area contributed by atoms with E-state index in [9.17, 15) is 0 Å². The lowest BCUT2D eigenvalue weighted by atomic mass is 9.95. The van der Waals surface area contributed by atoms with Crippen LogP contribution in [-0.4, -0.2) is 38.3 Å². The van der Waals surface area contributed by atoms with Gasteiger partial charge in [-0.3, -0.25) is 0 Å². The Hall–Kier alpha value is -0.650. The zero-order valence-electron chi connectivity index (χ0n) is 12.0. The van der Waals surface area contributed by atoms with Crippen LogP contribution in [0.5, 0.6) is 0 Å². The number of anilines is 1. The molecule has 0 aliphatic carbocycles. The van der Waals surface area contributed by atoms with Gasteiger partial charge in [0.2, 0.25) is 0 Å². The van der Waals surface area contributed by atoms with Gasteiger partial charge in [0.05, 0.1) is 6.61 Å². The van der Waals surface area contributed by atoms with Crippen molar-refractivity contribution in [3.63, 3.8) is 0 Å². The van der Waals surface area contributed by atoms with Gasteiger partial charge in [-0.1, -0.05) is 13.3 Å². The molecule has 2 heterocycles. The molecule has 1 aromatic rings. The van der Waals surface area contributed by atoms with Crippen LogP contribution in [0.25, 0.3) is 0 Å². The van der Waals surface area contributed by atoms with E-state index in [4.69, 9.17) is 4.74 Å². The number of piperidine rings is 1. The van der Waals surface area contributed by atoms with Crippen molar-refractivity contribution in [1.82, 2.24) is 10.3 Å². The van der Waals surface area contributed by atoms with Crippen molar-refractivity contribution >= 4 is 16.5 Å². The Kier molecular flexibility index (Phi) is 6.07. The second kappa shape index (κ2) is 7.82. The summed E-state index contributed by atoms with van der Waals surface area (Å²) in [5, 5.41) is 4.55. The summed E-state index contributed by atoms with van der Waals surface area (Å²) < 4.78 is 5.02. The maximum absolute atomic E-state index is 5.02. The fourth-order valence-corrected chi connectivity index (χ4v) is 3.37. The van der Waals surface area contributed by atoms with E-state index in [0.717, 1.165) is 25.6 Å². The Labute approximate surface area is 120 Å². The largest absolute Gasteiger partial charge is 0.383 e. The molecule has 1 N–H and O–H groups in total. The summed E-state index contributed by atoms with van der Waals surface area (Å²) >= 11 is 1.82. The Balaban J connectivity index is 1.77. The van der Waals surface area contributed by atoms with Gasteiger partial charge < -0.3 is 15.0 Å². The molecular weight excluding hydrogens is 258 g/mol. The number of nitrogens with one attached hydrogen (secondary N) is 1. The smallest absolute Gasteiger partial charge is 0.185 e. The molecule has 0 amide bonds. The Morgan fingerprint density at radius 3 is 2.95 bits per heavy atom. The highest BCUT2D eigenvalue weighted by molar-refractivity contribution is 7.15. The summed E-state index contributed by atoms with van der Waals surface area (Å²) in [5.74, 6) is 0.923. The topological polar surface area (TPSA) is 37.4 Å². The molecule has 0 atom stereocenters. The summed E-state index contributed by atoms with van der Waals surface area (Å²) in [6.45, 7) is 7.19. The number of ether oxygens (including phenoxy) is 1. The summed E-state index contributed by atoms with van der Waals surface area (Å²) in [6.07, 6.45) is 5.96. The monoisotopic (exact) mass is 283 g/mol. The van der Waals surface area contributed by atoms with Crippen LogP contribution in [0.3, 0.4) is 0 Å². The first-order chi connectivity index (χ1) is 9.33. The molecule has 1 aliphatic rings. The van der Waals surface area contributed by atoms with E-state index in [-0.39, 0.29) is 0 Å². The van der Waals surface area contributed by atoms with Gasteiger partial charge in [-0.15, -0.1) is 11.3 Å². The van der Waals surface area contributed by atoms with Crippen LogP contribution in [0.1, 0.15) is 31.1 Å². The molecule has 0 saturated carbocycles. The van der Waals surface area contributed by atoms with Crippen molar-refractivity contribution in [2.45, 2.75) is 32.7 Å². The number of rotatable bonds is 7. The van der Waals surface area contributed by atoms with Crippen molar-refractivity contribution in [2.75, 3.05) is 38.3 Å². The Morgan fingerprint density at radius 1 is 1.47 bits per heavy atom. The van der Waals surface area contributed by atoms with E-state index in [1.807, 2.05) is 17.5 Å². The third-order valence-electron chi connectivity index (χ3n) is 3.79. The molecule has 1 saturated heterocycles. The van der Waals surface area contributed by atoms with Crippen LogP contribution < -0.4 is 10.2 Å². The van der Waals surface area contributed by atoms with Gasteiger partial charge in [-0.2, -0.15) is 0 Å². The standard InChI is InChI=1S/C14H25N3OS/c1-3-12-4-7-17(8-5-12)14-16-11-13(19-14)10-15-6-9-18-2/h11-12,15H,3-10H2,1-2H3. The predicted molar refractivity (Wildman–Crippen MR) is 80.9 cm³/mol. The molecular formula is C14H25N3OS. The molecule has 0 aromatic carbocycles. The van der Waals surface area contributed by atoms with E-state index < -0.39 is 0 Å². The zero-order chi connectivity index (χ0) is 13.5. The Bertz CT molecular complexity index is 361. The predicted octanol–water partition coefficient (Wildman–Crippen LogP) is 2.51. The maximum atomic E-state index is 5.02.